The number of aromatic nitrogens is 2. The fraction of sp³-hybridized carbons (Fsp3) is 0.500. The van der Waals surface area contributed by atoms with Crippen LogP contribution in [0.25, 0.3) is 0 Å². The van der Waals surface area contributed by atoms with Crippen LogP contribution in [0.15, 0.2) is 18.6 Å². The molecule has 0 aliphatic rings. The summed E-state index contributed by atoms with van der Waals surface area (Å²) in [5.74, 6) is 0.895. The first-order valence-corrected chi connectivity index (χ1v) is 4.94. The molecule has 4 heteroatoms. The largest absolute Gasteiger partial charge is 0.329 e. The Morgan fingerprint density at radius 3 is 3.00 bits per heavy atom. The molecule has 0 saturated heterocycles. The highest BCUT2D eigenvalue weighted by molar-refractivity contribution is 7.99. The third-order valence-corrected chi connectivity index (χ3v) is 2.69. The van der Waals surface area contributed by atoms with Crippen molar-refractivity contribution in [3.8, 4) is 0 Å². The lowest BCUT2D eigenvalue weighted by molar-refractivity contribution is 0.948. The Kier molecular flexibility index (Phi) is 4.04. The van der Waals surface area contributed by atoms with Gasteiger partial charge >= 0.3 is 0 Å². The Morgan fingerprint density at radius 2 is 2.42 bits per heavy atom. The summed E-state index contributed by atoms with van der Waals surface area (Å²) in [6.07, 6.45) is 5.18. The molecule has 0 aromatic carbocycles. The van der Waals surface area contributed by atoms with Crippen molar-refractivity contribution in [2.45, 2.75) is 17.9 Å². The van der Waals surface area contributed by atoms with Gasteiger partial charge in [-0.05, 0) is 0 Å². The molecule has 0 bridgehead atoms. The van der Waals surface area contributed by atoms with Crippen LogP contribution in [0.3, 0.4) is 0 Å². The number of nitrogens with two attached hydrogens (primary N) is 1. The second kappa shape index (κ2) is 5.11. The molecule has 0 aliphatic heterocycles. The molecule has 1 aromatic heterocycles. The minimum atomic E-state index is 0.493. The highest BCUT2D eigenvalue weighted by Crippen LogP contribution is 2.13. The lowest BCUT2D eigenvalue weighted by atomic mass is 10.5. The van der Waals surface area contributed by atoms with Gasteiger partial charge in [0.2, 0.25) is 0 Å². The summed E-state index contributed by atoms with van der Waals surface area (Å²) in [6, 6.07) is 0. The van der Waals surface area contributed by atoms with Crippen molar-refractivity contribution >= 4 is 11.8 Å². The molecule has 0 radical (unpaired) electrons. The van der Waals surface area contributed by atoms with Gasteiger partial charge in [-0.25, -0.2) is 0 Å². The van der Waals surface area contributed by atoms with E-state index in [-0.39, 0.29) is 0 Å². The highest BCUT2D eigenvalue weighted by atomic mass is 32.2. The minimum absolute atomic E-state index is 0.493. The minimum Gasteiger partial charge on any atom is -0.329 e. The molecule has 0 aliphatic carbocycles. The fourth-order valence-corrected chi connectivity index (χ4v) is 1.44. The maximum Gasteiger partial charge on any atom is 0.0685 e. The first kappa shape index (κ1) is 9.48. The Hall–Kier alpha value is -0.610. The second-order valence-electron chi connectivity index (χ2n) is 2.55. The molecule has 0 amide bonds. The van der Waals surface area contributed by atoms with Crippen molar-refractivity contribution in [2.24, 2.45) is 5.73 Å². The van der Waals surface area contributed by atoms with Gasteiger partial charge in [0.1, 0.15) is 0 Å². The molecule has 0 fully saturated rings. The summed E-state index contributed by atoms with van der Waals surface area (Å²) in [4.78, 5) is 8.14. The molecule has 1 aromatic rings. The number of rotatable bonds is 4. The van der Waals surface area contributed by atoms with Crippen LogP contribution in [0.2, 0.25) is 0 Å². The zero-order chi connectivity index (χ0) is 8.81. The van der Waals surface area contributed by atoms with Gasteiger partial charge < -0.3 is 5.73 Å². The van der Waals surface area contributed by atoms with Gasteiger partial charge in [-0.2, -0.15) is 11.8 Å². The van der Waals surface area contributed by atoms with Gasteiger partial charge in [0, 0.05) is 36.1 Å². The second-order valence-corrected chi connectivity index (χ2v) is 3.98. The van der Waals surface area contributed by atoms with E-state index < -0.39 is 0 Å². The predicted molar refractivity (Wildman–Crippen MR) is 51.8 cm³/mol. The van der Waals surface area contributed by atoms with Gasteiger partial charge in [0.05, 0.1) is 5.69 Å². The normalized spacial score (nSPS) is 12.8. The first-order chi connectivity index (χ1) is 5.83. The standard InChI is InChI=1S/C8H13N3S/c1-7(4-9)12-6-8-5-10-2-3-11-8/h2-3,5,7H,4,6,9H2,1H3. The van der Waals surface area contributed by atoms with Gasteiger partial charge in [-0.15, -0.1) is 0 Å². The van der Waals surface area contributed by atoms with Gasteiger partial charge in [-0.1, -0.05) is 6.92 Å². The van der Waals surface area contributed by atoms with Crippen LogP contribution in [0.4, 0.5) is 0 Å². The molecule has 3 nitrogen and oxygen atoms in total. The van der Waals surface area contributed by atoms with E-state index >= 15 is 0 Å². The predicted octanol–water partition coefficient (Wildman–Crippen LogP) is 1.06. The van der Waals surface area contributed by atoms with Crippen molar-refractivity contribution in [3.63, 3.8) is 0 Å². The zero-order valence-corrected chi connectivity index (χ0v) is 7.92. The van der Waals surface area contributed by atoms with Crippen molar-refractivity contribution in [3.05, 3.63) is 24.3 Å². The number of hydrogen-bond donors (Lipinski definition) is 1. The Labute approximate surface area is 76.8 Å². The summed E-state index contributed by atoms with van der Waals surface area (Å²) in [7, 11) is 0. The summed E-state index contributed by atoms with van der Waals surface area (Å²) in [5.41, 5.74) is 6.50. The number of thioether (sulfide) groups is 1. The lowest BCUT2D eigenvalue weighted by Crippen LogP contribution is -2.12. The molecule has 66 valence electrons. The van der Waals surface area contributed by atoms with Crippen molar-refractivity contribution in [1.82, 2.24) is 9.97 Å². The molecule has 1 heterocycles. The number of nitrogens with zero attached hydrogens (tertiary/aromatic N) is 2. The molecule has 0 saturated carbocycles. The quantitative estimate of drug-likeness (QED) is 0.758. The maximum absolute atomic E-state index is 5.48. The van der Waals surface area contributed by atoms with Crippen LogP contribution in [-0.2, 0) is 5.75 Å². The summed E-state index contributed by atoms with van der Waals surface area (Å²) >= 11 is 1.80. The smallest absolute Gasteiger partial charge is 0.0685 e. The SMILES string of the molecule is CC(CN)SCc1cnccn1. The monoisotopic (exact) mass is 183 g/mol. The van der Waals surface area contributed by atoms with Gasteiger partial charge in [-0.3, -0.25) is 9.97 Å². The molecular formula is C8H13N3S. The zero-order valence-electron chi connectivity index (χ0n) is 7.10. The van der Waals surface area contributed by atoms with Crippen molar-refractivity contribution in [1.29, 1.82) is 0 Å². The highest BCUT2D eigenvalue weighted by Gasteiger charge is 2.00. The summed E-state index contributed by atoms with van der Waals surface area (Å²) < 4.78 is 0. The van der Waals surface area contributed by atoms with E-state index in [0.717, 1.165) is 11.4 Å². The Balaban J connectivity index is 2.33. The Bertz CT molecular complexity index is 215. The molecule has 1 unspecified atom stereocenters. The van der Waals surface area contributed by atoms with Crippen LogP contribution < -0.4 is 5.73 Å². The maximum atomic E-state index is 5.48. The van der Waals surface area contributed by atoms with Gasteiger partial charge in [0.15, 0.2) is 0 Å². The molecule has 1 rings (SSSR count). The van der Waals surface area contributed by atoms with Crippen molar-refractivity contribution < 1.29 is 0 Å². The van der Waals surface area contributed by atoms with Crippen LogP contribution in [0.5, 0.6) is 0 Å². The third-order valence-electron chi connectivity index (χ3n) is 1.46. The van der Waals surface area contributed by atoms with Crippen LogP contribution in [-0.4, -0.2) is 21.8 Å². The fourth-order valence-electron chi connectivity index (χ4n) is 0.700. The van der Waals surface area contributed by atoms with E-state index in [0.29, 0.717) is 11.8 Å². The average molecular weight is 183 g/mol. The first-order valence-electron chi connectivity index (χ1n) is 3.89. The van der Waals surface area contributed by atoms with Crippen LogP contribution in [0.1, 0.15) is 12.6 Å². The Morgan fingerprint density at radius 1 is 1.58 bits per heavy atom. The average Bonchev–Trinajstić information content (AvgIpc) is 2.16. The molecule has 1 atom stereocenters. The summed E-state index contributed by atoms with van der Waals surface area (Å²) in [6.45, 7) is 2.83. The molecule has 12 heavy (non-hydrogen) atoms. The van der Waals surface area contributed by atoms with Crippen LogP contribution >= 0.6 is 11.8 Å². The van der Waals surface area contributed by atoms with E-state index in [9.17, 15) is 0 Å². The van der Waals surface area contributed by atoms with Gasteiger partial charge in [0.25, 0.3) is 0 Å². The third kappa shape index (κ3) is 3.19. The molecule has 0 spiro atoms. The number of hydrogen-bond acceptors (Lipinski definition) is 4. The van der Waals surface area contributed by atoms with Crippen molar-refractivity contribution in [2.75, 3.05) is 6.54 Å². The van der Waals surface area contributed by atoms with E-state index in [1.54, 1.807) is 30.4 Å². The van der Waals surface area contributed by atoms with E-state index in [2.05, 4.69) is 16.9 Å². The summed E-state index contributed by atoms with van der Waals surface area (Å²) in [5, 5.41) is 0.493. The van der Waals surface area contributed by atoms with E-state index in [1.165, 1.54) is 0 Å². The molecule has 2 N–H and O–H groups in total. The van der Waals surface area contributed by atoms with E-state index in [1.807, 2.05) is 0 Å². The molecular weight excluding hydrogens is 170 g/mol. The lowest BCUT2D eigenvalue weighted by Gasteiger charge is -2.06. The van der Waals surface area contributed by atoms with E-state index in [4.69, 9.17) is 5.73 Å². The topological polar surface area (TPSA) is 51.8 Å². The van der Waals surface area contributed by atoms with Crippen LogP contribution in [0, 0.1) is 0 Å².